The smallest absolute Gasteiger partial charge is 0.303 e. The monoisotopic (exact) mass is 818 g/mol. The van der Waals surface area contributed by atoms with Crippen molar-refractivity contribution in [2.24, 2.45) is 11.8 Å². The fourth-order valence-electron chi connectivity index (χ4n) is 6.21. The lowest BCUT2D eigenvalue weighted by molar-refractivity contribution is -0.261. The first kappa shape index (κ1) is 51.4. The number of aliphatic hydroxyl groups is 6. The maximum atomic E-state index is 12.6. The van der Waals surface area contributed by atoms with Crippen molar-refractivity contribution >= 4 is 23.9 Å². The fraction of sp³-hybridized carbons (Fsp3) is 0.889. The summed E-state index contributed by atoms with van der Waals surface area (Å²) >= 11 is 0. The normalized spacial score (nSPS) is 43.4. The van der Waals surface area contributed by atoms with Crippen LogP contribution < -0.4 is 0 Å². The Morgan fingerprint density at radius 3 is 0.893 bits per heavy atom. The van der Waals surface area contributed by atoms with Crippen molar-refractivity contribution < 1.29 is 96.5 Å². The van der Waals surface area contributed by atoms with E-state index in [-0.39, 0.29) is 48.2 Å². The number of hydrogen-bond donors (Lipinski definition) is 6. The van der Waals surface area contributed by atoms with Crippen molar-refractivity contribution in [3.05, 3.63) is 0 Å². The molecule has 4 fully saturated rings. The Labute approximate surface area is 325 Å². The average Bonchev–Trinajstić information content (AvgIpc) is 3.09. The summed E-state index contributed by atoms with van der Waals surface area (Å²) < 4.78 is 66.5. The van der Waals surface area contributed by atoms with Gasteiger partial charge in [0.25, 0.3) is 0 Å². The van der Waals surface area contributed by atoms with E-state index < -0.39 is 97.9 Å². The average molecular weight is 819 g/mol. The van der Waals surface area contributed by atoms with Crippen molar-refractivity contribution in [3.63, 3.8) is 0 Å². The van der Waals surface area contributed by atoms with Gasteiger partial charge in [-0.1, -0.05) is 13.8 Å². The third-order valence-corrected chi connectivity index (χ3v) is 9.72. The molecule has 4 aliphatic heterocycles. The van der Waals surface area contributed by atoms with E-state index in [2.05, 4.69) is 9.47 Å². The molecular formula is C36H62F2O18. The zero-order valence-electron chi connectivity index (χ0n) is 33.9. The molecule has 20 heteroatoms. The minimum atomic E-state index is -1.93. The van der Waals surface area contributed by atoms with Crippen LogP contribution in [0.15, 0.2) is 0 Å². The highest BCUT2D eigenvalue weighted by Crippen LogP contribution is 2.31. The van der Waals surface area contributed by atoms with Gasteiger partial charge in [-0.05, 0) is 41.5 Å². The summed E-state index contributed by atoms with van der Waals surface area (Å²) in [5.41, 5.74) is 0. The molecule has 4 saturated heterocycles. The second-order valence-electron chi connectivity index (χ2n) is 14.4. The number of aliphatic hydroxyl groups excluding tert-OH is 6. The van der Waals surface area contributed by atoms with Gasteiger partial charge in [0.15, 0.2) is 37.1 Å². The highest BCUT2D eigenvalue weighted by atomic mass is 18.2. The SMILES string of the molecule is CC(=O)O[C@@H]1[C@@H](OC(C)=O)[C@H](C)C(C)O[C@H]1C.CC(=O)O[C@@H]1[C@@H](OC(C)=O)[C@H](C)C(C)O[C@H]1C.C[C@@H]1OC(O)[C@H]([18F])[C@H](O)[C@H]1O.C[C@@H]1OC(O)[C@H]([18F])[C@H](O)[C@H]1O. The fourth-order valence-corrected chi connectivity index (χ4v) is 6.21. The molecule has 6 N–H and O–H groups in total. The van der Waals surface area contributed by atoms with Crippen LogP contribution >= 0.6 is 0 Å². The number of carbonyl (C=O) groups excluding carboxylic acids is 4. The minimum absolute atomic E-state index is 0.0144. The first-order valence-corrected chi connectivity index (χ1v) is 18.4. The van der Waals surface area contributed by atoms with Gasteiger partial charge in [0.2, 0.25) is 0 Å². The van der Waals surface area contributed by atoms with E-state index in [0.717, 1.165) is 0 Å². The molecular weight excluding hydrogens is 756 g/mol. The quantitative estimate of drug-likeness (QED) is 0.163. The molecule has 4 aliphatic rings. The second-order valence-corrected chi connectivity index (χ2v) is 14.4. The Bertz CT molecular complexity index is 1130. The number of carbonyl (C=O) groups is 4. The first-order chi connectivity index (χ1) is 25.7. The van der Waals surface area contributed by atoms with Crippen LogP contribution in [0.2, 0.25) is 0 Å². The number of esters is 4. The zero-order valence-corrected chi connectivity index (χ0v) is 33.9. The van der Waals surface area contributed by atoms with E-state index in [1.165, 1.54) is 41.5 Å². The maximum absolute atomic E-state index is 12.6. The van der Waals surface area contributed by atoms with Gasteiger partial charge >= 0.3 is 23.9 Å². The minimum Gasteiger partial charge on any atom is -0.458 e. The van der Waals surface area contributed by atoms with E-state index in [1.807, 2.05) is 41.5 Å². The van der Waals surface area contributed by atoms with Gasteiger partial charge in [0.05, 0.1) is 36.6 Å². The molecule has 0 aliphatic carbocycles. The van der Waals surface area contributed by atoms with E-state index in [1.54, 1.807) is 0 Å². The third kappa shape index (κ3) is 14.9. The largest absolute Gasteiger partial charge is 0.458 e. The lowest BCUT2D eigenvalue weighted by atomic mass is 9.89. The van der Waals surface area contributed by atoms with E-state index >= 15 is 0 Å². The number of halogens is 2. The molecule has 0 radical (unpaired) electrons. The molecule has 18 nitrogen and oxygen atoms in total. The molecule has 0 spiro atoms. The number of hydrogen-bond acceptors (Lipinski definition) is 18. The van der Waals surface area contributed by atoms with Gasteiger partial charge in [-0.3, -0.25) is 19.2 Å². The molecule has 56 heavy (non-hydrogen) atoms. The predicted octanol–water partition coefficient (Wildman–Crippen LogP) is 0.153. The molecule has 0 bridgehead atoms. The van der Waals surface area contributed by atoms with Crippen molar-refractivity contribution in [2.75, 3.05) is 0 Å². The van der Waals surface area contributed by atoms with Crippen LogP contribution in [0.4, 0.5) is 8.78 Å². The molecule has 0 aromatic heterocycles. The summed E-state index contributed by atoms with van der Waals surface area (Å²) in [5, 5.41) is 53.4. The first-order valence-electron chi connectivity index (χ1n) is 18.4. The van der Waals surface area contributed by atoms with E-state index in [4.69, 9.17) is 59.1 Å². The van der Waals surface area contributed by atoms with Gasteiger partial charge in [0, 0.05) is 39.5 Å². The van der Waals surface area contributed by atoms with Crippen molar-refractivity contribution in [2.45, 2.75) is 193 Å². The molecule has 4 rings (SSSR count). The number of rotatable bonds is 4. The Hall–Kier alpha value is -2.66. The standard InChI is InChI=1S/2C12H20O5.2C6H11FO4/c2*1-6-7(2)15-8(3)12(17-10(5)14)11(6)16-9(4)13;2*1-2-4(8)5(9)3(7)6(10)11-2/h2*6-8,11-12H,1-5H3;2*2-6,8-10H,1H3/t2*6-,7?,8+,11+,12+;2*2-,3+,4-,5-,6?/m1100/s1/i;;2*7-1. The van der Waals surface area contributed by atoms with Gasteiger partial charge < -0.3 is 68.5 Å². The highest BCUT2D eigenvalue weighted by molar-refractivity contribution is 5.68. The number of ether oxygens (including phenoxy) is 8. The maximum Gasteiger partial charge on any atom is 0.303 e. The summed E-state index contributed by atoms with van der Waals surface area (Å²) in [6.45, 7) is 19.6. The van der Waals surface area contributed by atoms with Crippen LogP contribution in [0, 0.1) is 11.8 Å². The van der Waals surface area contributed by atoms with Crippen LogP contribution in [0.25, 0.3) is 0 Å². The Kier molecular flexibility index (Phi) is 21.2. The molecule has 4 heterocycles. The summed E-state index contributed by atoms with van der Waals surface area (Å²) in [6, 6.07) is 0. The van der Waals surface area contributed by atoms with E-state index in [0.29, 0.717) is 0 Å². The van der Waals surface area contributed by atoms with Crippen LogP contribution in [0.5, 0.6) is 0 Å². The molecule has 328 valence electrons. The van der Waals surface area contributed by atoms with Crippen LogP contribution in [-0.4, -0.2) is 165 Å². The molecule has 0 aromatic carbocycles. The van der Waals surface area contributed by atoms with Crippen LogP contribution in [-0.2, 0) is 57.1 Å². The topological polar surface area (TPSA) is 263 Å². The highest BCUT2D eigenvalue weighted by Gasteiger charge is 2.46. The summed E-state index contributed by atoms with van der Waals surface area (Å²) in [4.78, 5) is 44.3. The van der Waals surface area contributed by atoms with Gasteiger partial charge in [0.1, 0.15) is 36.6 Å². The number of alkyl halides is 2. The molecule has 4 unspecified atom stereocenters. The molecule has 0 saturated carbocycles. The molecule has 20 atom stereocenters. The molecule has 0 aromatic rings. The lowest BCUT2D eigenvalue weighted by Crippen LogP contribution is -2.54. The molecule has 0 amide bonds. The summed E-state index contributed by atoms with van der Waals surface area (Å²) in [7, 11) is 0. The zero-order chi connectivity index (χ0) is 43.5. The Morgan fingerprint density at radius 1 is 0.393 bits per heavy atom. The Balaban J connectivity index is 0.000000381. The van der Waals surface area contributed by atoms with E-state index in [9.17, 15) is 28.0 Å². The van der Waals surface area contributed by atoms with Gasteiger partial charge in [-0.25, -0.2) is 8.78 Å². The second kappa shape index (κ2) is 23.1. The van der Waals surface area contributed by atoms with Crippen molar-refractivity contribution in [3.8, 4) is 0 Å². The summed E-state index contributed by atoms with van der Waals surface area (Å²) in [5.74, 6) is -1.58. The summed E-state index contributed by atoms with van der Waals surface area (Å²) in [6.07, 6.45) is -16.9. The van der Waals surface area contributed by atoms with Crippen LogP contribution in [0.1, 0.15) is 83.1 Å². The van der Waals surface area contributed by atoms with Crippen molar-refractivity contribution in [1.29, 1.82) is 0 Å². The van der Waals surface area contributed by atoms with Crippen molar-refractivity contribution in [1.82, 2.24) is 0 Å². The Morgan fingerprint density at radius 2 is 0.643 bits per heavy atom. The van der Waals surface area contributed by atoms with Gasteiger partial charge in [-0.15, -0.1) is 0 Å². The third-order valence-electron chi connectivity index (χ3n) is 9.72. The lowest BCUT2D eigenvalue weighted by Gasteiger charge is -2.42. The van der Waals surface area contributed by atoms with Crippen LogP contribution in [0.3, 0.4) is 0 Å². The predicted molar refractivity (Wildman–Crippen MR) is 187 cm³/mol. The van der Waals surface area contributed by atoms with Gasteiger partial charge in [-0.2, -0.15) is 0 Å².